The molecular formula is C11H16F3NO4. The standard InChI is InChI=1S/C11H16F3NO4/c1-10(9(17)18,11(12,13)14)15-8(16)6-7-4-2-3-5-19-7/h7H,2-6H2,1H3,(H,15,16)(H,17,18). The number of carboxylic acids is 1. The molecule has 0 aromatic heterocycles. The van der Waals surface area contributed by atoms with Crippen LogP contribution in [-0.2, 0) is 14.3 Å². The molecule has 19 heavy (non-hydrogen) atoms. The lowest BCUT2D eigenvalue weighted by atomic mass is 10.0. The largest absolute Gasteiger partial charge is 0.479 e. The lowest BCUT2D eigenvalue weighted by Crippen LogP contribution is -2.62. The summed E-state index contributed by atoms with van der Waals surface area (Å²) in [4.78, 5) is 22.3. The van der Waals surface area contributed by atoms with Gasteiger partial charge in [-0.3, -0.25) is 4.79 Å². The smallest absolute Gasteiger partial charge is 0.422 e. The van der Waals surface area contributed by atoms with Gasteiger partial charge in [-0.25, -0.2) is 4.79 Å². The number of hydrogen-bond acceptors (Lipinski definition) is 3. The molecule has 0 aliphatic carbocycles. The maximum atomic E-state index is 12.7. The molecule has 8 heteroatoms. The Morgan fingerprint density at radius 1 is 1.37 bits per heavy atom. The number of alkyl halides is 3. The number of hydrogen-bond donors (Lipinski definition) is 2. The van der Waals surface area contributed by atoms with Gasteiger partial charge < -0.3 is 15.2 Å². The molecule has 5 nitrogen and oxygen atoms in total. The normalized spacial score (nSPS) is 23.5. The van der Waals surface area contributed by atoms with Gasteiger partial charge in [-0.05, 0) is 26.2 Å². The van der Waals surface area contributed by atoms with E-state index in [1.165, 1.54) is 5.32 Å². The van der Waals surface area contributed by atoms with Gasteiger partial charge in [0.05, 0.1) is 12.5 Å². The fourth-order valence-corrected chi connectivity index (χ4v) is 1.75. The number of carbonyl (C=O) groups is 2. The molecule has 0 aromatic rings. The summed E-state index contributed by atoms with van der Waals surface area (Å²) >= 11 is 0. The van der Waals surface area contributed by atoms with E-state index >= 15 is 0 Å². The molecule has 1 aliphatic heterocycles. The van der Waals surface area contributed by atoms with Crippen LogP contribution in [-0.4, -0.2) is 41.4 Å². The monoisotopic (exact) mass is 283 g/mol. The van der Waals surface area contributed by atoms with E-state index in [1.54, 1.807) is 0 Å². The topological polar surface area (TPSA) is 75.6 Å². The first-order valence-corrected chi connectivity index (χ1v) is 5.89. The number of carboxylic acid groups (broad SMARTS) is 1. The van der Waals surface area contributed by atoms with E-state index in [4.69, 9.17) is 9.84 Å². The van der Waals surface area contributed by atoms with Crippen LogP contribution in [0.3, 0.4) is 0 Å². The summed E-state index contributed by atoms with van der Waals surface area (Å²) in [6.45, 7) is 0.891. The highest BCUT2D eigenvalue weighted by Gasteiger charge is 2.58. The maximum Gasteiger partial charge on any atom is 0.422 e. The fraction of sp³-hybridized carbons (Fsp3) is 0.818. The number of aliphatic carboxylic acids is 1. The highest BCUT2D eigenvalue weighted by atomic mass is 19.4. The van der Waals surface area contributed by atoms with Crippen LogP contribution < -0.4 is 5.32 Å². The van der Waals surface area contributed by atoms with Crippen molar-refractivity contribution in [1.29, 1.82) is 0 Å². The second-order valence-corrected chi connectivity index (χ2v) is 4.67. The molecule has 1 heterocycles. The predicted octanol–water partition coefficient (Wildman–Crippen LogP) is 1.47. The zero-order chi connectivity index (χ0) is 14.7. The van der Waals surface area contributed by atoms with E-state index in [9.17, 15) is 22.8 Å². The third-order valence-electron chi connectivity index (χ3n) is 3.07. The third kappa shape index (κ3) is 3.82. The average Bonchev–Trinajstić information content (AvgIpc) is 2.28. The molecular weight excluding hydrogens is 267 g/mol. The van der Waals surface area contributed by atoms with Crippen LogP contribution in [0.25, 0.3) is 0 Å². The minimum absolute atomic E-state index is 0.265. The van der Waals surface area contributed by atoms with Crippen LogP contribution in [0, 0.1) is 0 Å². The van der Waals surface area contributed by atoms with Gasteiger partial charge in [0.2, 0.25) is 11.4 Å². The van der Waals surface area contributed by atoms with E-state index in [0.717, 1.165) is 12.8 Å². The molecule has 0 saturated carbocycles. The Morgan fingerprint density at radius 2 is 2.00 bits per heavy atom. The minimum Gasteiger partial charge on any atom is -0.479 e. The van der Waals surface area contributed by atoms with Crippen LogP contribution in [0.1, 0.15) is 32.6 Å². The molecule has 1 fully saturated rings. The lowest BCUT2D eigenvalue weighted by molar-refractivity contribution is -0.207. The predicted molar refractivity (Wildman–Crippen MR) is 58.4 cm³/mol. The molecule has 2 N–H and O–H groups in total. The van der Waals surface area contributed by atoms with Gasteiger partial charge in [0.25, 0.3) is 0 Å². The second kappa shape index (κ2) is 5.77. The van der Waals surface area contributed by atoms with E-state index in [-0.39, 0.29) is 6.42 Å². The molecule has 0 spiro atoms. The van der Waals surface area contributed by atoms with Crippen molar-refractivity contribution < 1.29 is 32.6 Å². The van der Waals surface area contributed by atoms with Crippen molar-refractivity contribution in [3.05, 3.63) is 0 Å². The van der Waals surface area contributed by atoms with Gasteiger partial charge in [-0.1, -0.05) is 0 Å². The van der Waals surface area contributed by atoms with Gasteiger partial charge in [0, 0.05) is 6.61 Å². The number of carbonyl (C=O) groups excluding carboxylic acids is 1. The van der Waals surface area contributed by atoms with Crippen molar-refractivity contribution >= 4 is 11.9 Å². The van der Waals surface area contributed by atoms with Gasteiger partial charge in [-0.2, -0.15) is 13.2 Å². The van der Waals surface area contributed by atoms with E-state index in [1.807, 2.05) is 0 Å². The molecule has 1 saturated heterocycles. The number of amides is 1. The molecule has 1 rings (SSSR count). The highest BCUT2D eigenvalue weighted by molar-refractivity contribution is 5.87. The quantitative estimate of drug-likeness (QED) is 0.819. The number of halogens is 3. The molecule has 0 bridgehead atoms. The summed E-state index contributed by atoms with van der Waals surface area (Å²) < 4.78 is 43.2. The van der Waals surface area contributed by atoms with Gasteiger partial charge in [-0.15, -0.1) is 0 Å². The molecule has 0 aromatic carbocycles. The van der Waals surface area contributed by atoms with Crippen molar-refractivity contribution in [3.63, 3.8) is 0 Å². The van der Waals surface area contributed by atoms with Crippen molar-refractivity contribution in [2.75, 3.05) is 6.61 Å². The van der Waals surface area contributed by atoms with Crippen LogP contribution >= 0.6 is 0 Å². The van der Waals surface area contributed by atoms with Gasteiger partial charge in [0.15, 0.2) is 0 Å². The van der Waals surface area contributed by atoms with Crippen molar-refractivity contribution in [3.8, 4) is 0 Å². The molecule has 1 aliphatic rings. The highest BCUT2D eigenvalue weighted by Crippen LogP contribution is 2.30. The molecule has 2 atom stereocenters. The van der Waals surface area contributed by atoms with E-state index < -0.39 is 29.7 Å². The summed E-state index contributed by atoms with van der Waals surface area (Å²) in [5.41, 5.74) is -3.28. The molecule has 2 unspecified atom stereocenters. The summed E-state index contributed by atoms with van der Waals surface area (Å²) in [5.74, 6) is -3.12. The van der Waals surface area contributed by atoms with Gasteiger partial charge in [0.1, 0.15) is 0 Å². The first kappa shape index (κ1) is 15.7. The Balaban J connectivity index is 2.64. The molecule has 110 valence electrons. The van der Waals surface area contributed by atoms with Gasteiger partial charge >= 0.3 is 12.1 Å². The third-order valence-corrected chi connectivity index (χ3v) is 3.07. The Kier molecular flexibility index (Phi) is 4.78. The first-order chi connectivity index (χ1) is 8.67. The number of rotatable bonds is 4. The Bertz CT molecular complexity index is 352. The Morgan fingerprint density at radius 3 is 2.42 bits per heavy atom. The first-order valence-electron chi connectivity index (χ1n) is 5.89. The Labute approximate surface area is 108 Å². The van der Waals surface area contributed by atoms with E-state index in [2.05, 4.69) is 0 Å². The summed E-state index contributed by atoms with van der Waals surface area (Å²) in [5, 5.41) is 10.2. The minimum atomic E-state index is -5.07. The van der Waals surface area contributed by atoms with Crippen LogP contribution in [0.5, 0.6) is 0 Å². The summed E-state index contributed by atoms with van der Waals surface area (Å²) in [6.07, 6.45) is -3.49. The zero-order valence-electron chi connectivity index (χ0n) is 10.4. The summed E-state index contributed by atoms with van der Waals surface area (Å²) in [7, 11) is 0. The van der Waals surface area contributed by atoms with E-state index in [0.29, 0.717) is 20.0 Å². The number of nitrogens with one attached hydrogen (secondary N) is 1. The zero-order valence-corrected chi connectivity index (χ0v) is 10.4. The molecule has 1 amide bonds. The van der Waals surface area contributed by atoms with Crippen LogP contribution in [0.2, 0.25) is 0 Å². The average molecular weight is 283 g/mol. The molecule has 0 radical (unpaired) electrons. The SMILES string of the molecule is CC(NC(=O)CC1CCCCO1)(C(=O)O)C(F)(F)F. The van der Waals surface area contributed by atoms with Crippen LogP contribution in [0.15, 0.2) is 0 Å². The maximum absolute atomic E-state index is 12.7. The van der Waals surface area contributed by atoms with Crippen molar-refractivity contribution in [1.82, 2.24) is 5.32 Å². The lowest BCUT2D eigenvalue weighted by Gasteiger charge is -2.30. The van der Waals surface area contributed by atoms with Crippen molar-refractivity contribution in [2.45, 2.75) is 50.4 Å². The van der Waals surface area contributed by atoms with Crippen molar-refractivity contribution in [2.24, 2.45) is 0 Å². The van der Waals surface area contributed by atoms with Crippen LogP contribution in [0.4, 0.5) is 13.2 Å². The summed E-state index contributed by atoms with van der Waals surface area (Å²) in [6, 6.07) is 0. The second-order valence-electron chi connectivity index (χ2n) is 4.67. The number of ether oxygens (including phenoxy) is 1. The Hall–Kier alpha value is -1.31. The fourth-order valence-electron chi connectivity index (χ4n) is 1.75.